The maximum atomic E-state index is 11.2. The Morgan fingerprint density at radius 1 is 1.75 bits per heavy atom. The van der Waals surface area contributed by atoms with E-state index in [2.05, 4.69) is 8.75 Å². The Morgan fingerprint density at radius 2 is 2.50 bits per heavy atom. The third-order valence-corrected chi connectivity index (χ3v) is 1.67. The molecular formula is C7H10N2O2S. The lowest BCUT2D eigenvalue weighted by Gasteiger charge is -2.03. The molecule has 0 radical (unpaired) electrons. The first-order valence-corrected chi connectivity index (χ1v) is 4.35. The summed E-state index contributed by atoms with van der Waals surface area (Å²) in [5, 5.41) is 0. The highest BCUT2D eigenvalue weighted by Gasteiger charge is 2.09. The largest absolute Gasteiger partial charge is 0.371 e. The molecule has 0 aliphatic heterocycles. The maximum Gasteiger partial charge on any atom is 0.209 e. The Balaban J connectivity index is 2.40. The van der Waals surface area contributed by atoms with E-state index in [1.165, 1.54) is 6.20 Å². The molecule has 0 saturated carbocycles. The monoisotopic (exact) mass is 186 g/mol. The molecule has 0 N–H and O–H groups in total. The van der Waals surface area contributed by atoms with E-state index in [0.29, 0.717) is 5.69 Å². The fourth-order valence-electron chi connectivity index (χ4n) is 0.604. The van der Waals surface area contributed by atoms with Crippen molar-refractivity contribution in [2.45, 2.75) is 20.0 Å². The smallest absolute Gasteiger partial charge is 0.209 e. The second-order valence-corrected chi connectivity index (χ2v) is 3.13. The third-order valence-electron chi connectivity index (χ3n) is 1.19. The van der Waals surface area contributed by atoms with Crippen molar-refractivity contribution in [3.63, 3.8) is 0 Å². The lowest BCUT2D eigenvalue weighted by molar-refractivity contribution is 0.0581. The van der Waals surface area contributed by atoms with Crippen LogP contribution in [0.4, 0.5) is 0 Å². The van der Waals surface area contributed by atoms with Gasteiger partial charge in [-0.15, -0.1) is 0 Å². The van der Waals surface area contributed by atoms with Crippen LogP contribution in [0, 0.1) is 0 Å². The average Bonchev–Trinajstić information content (AvgIpc) is 2.51. The molecule has 12 heavy (non-hydrogen) atoms. The quantitative estimate of drug-likeness (QED) is 0.662. The van der Waals surface area contributed by atoms with Gasteiger partial charge in [0.15, 0.2) is 0 Å². The van der Waals surface area contributed by atoms with E-state index in [-0.39, 0.29) is 18.5 Å². The normalized spacial score (nSPS) is 10.6. The summed E-state index contributed by atoms with van der Waals surface area (Å²) in [6.45, 7) is 3.85. The van der Waals surface area contributed by atoms with Gasteiger partial charge in [0.2, 0.25) is 5.78 Å². The van der Waals surface area contributed by atoms with Gasteiger partial charge in [-0.05, 0) is 13.8 Å². The van der Waals surface area contributed by atoms with E-state index < -0.39 is 0 Å². The van der Waals surface area contributed by atoms with Gasteiger partial charge in [-0.1, -0.05) is 0 Å². The summed E-state index contributed by atoms with van der Waals surface area (Å²) >= 11 is 1.03. The molecule has 1 aromatic rings. The van der Waals surface area contributed by atoms with Gasteiger partial charge in [-0.2, -0.15) is 8.75 Å². The van der Waals surface area contributed by atoms with Gasteiger partial charge in [-0.3, -0.25) is 4.79 Å². The standard InChI is InChI=1S/C7H10N2O2S/c1-5(2)11-4-7(10)6-3-8-12-9-6/h3,5H,4H2,1-2H3. The number of carbonyl (C=O) groups is 1. The van der Waals surface area contributed by atoms with Crippen LogP contribution in [0.3, 0.4) is 0 Å². The number of ether oxygens (including phenoxy) is 1. The van der Waals surface area contributed by atoms with Gasteiger partial charge in [0.1, 0.15) is 12.3 Å². The minimum atomic E-state index is -0.113. The summed E-state index contributed by atoms with van der Waals surface area (Å²) in [5.74, 6) is -0.113. The third kappa shape index (κ3) is 2.67. The van der Waals surface area contributed by atoms with Crippen LogP contribution in [0.25, 0.3) is 0 Å². The number of hydrogen-bond donors (Lipinski definition) is 0. The molecule has 0 amide bonds. The molecular weight excluding hydrogens is 176 g/mol. The fraction of sp³-hybridized carbons (Fsp3) is 0.571. The Labute approximate surface area is 74.9 Å². The molecule has 66 valence electrons. The zero-order chi connectivity index (χ0) is 8.97. The summed E-state index contributed by atoms with van der Waals surface area (Å²) < 4.78 is 12.6. The number of nitrogens with zero attached hydrogens (tertiary/aromatic N) is 2. The van der Waals surface area contributed by atoms with Crippen LogP contribution >= 0.6 is 11.7 Å². The highest BCUT2D eigenvalue weighted by atomic mass is 32.1. The minimum absolute atomic E-state index is 0.0699. The number of ketones is 1. The number of rotatable bonds is 4. The van der Waals surface area contributed by atoms with E-state index in [9.17, 15) is 4.79 Å². The molecule has 0 unspecified atom stereocenters. The second kappa shape index (κ2) is 4.27. The van der Waals surface area contributed by atoms with Crippen LogP contribution in [0.2, 0.25) is 0 Å². The number of aromatic nitrogens is 2. The van der Waals surface area contributed by atoms with E-state index in [0.717, 1.165) is 11.7 Å². The van der Waals surface area contributed by atoms with Crippen LogP contribution in [0.5, 0.6) is 0 Å². The van der Waals surface area contributed by atoms with Gasteiger partial charge in [0.05, 0.1) is 24.0 Å². The van der Waals surface area contributed by atoms with Crippen LogP contribution < -0.4 is 0 Å². The number of hydrogen-bond acceptors (Lipinski definition) is 5. The molecule has 0 saturated heterocycles. The SMILES string of the molecule is CC(C)OCC(=O)c1cnsn1. The topological polar surface area (TPSA) is 52.1 Å². The molecule has 0 spiro atoms. The van der Waals surface area contributed by atoms with Crippen molar-refractivity contribution < 1.29 is 9.53 Å². The van der Waals surface area contributed by atoms with Crippen LogP contribution in [-0.4, -0.2) is 27.2 Å². The van der Waals surface area contributed by atoms with Crippen LogP contribution in [-0.2, 0) is 4.74 Å². The molecule has 5 heteroatoms. The highest BCUT2D eigenvalue weighted by molar-refractivity contribution is 6.99. The lowest BCUT2D eigenvalue weighted by Crippen LogP contribution is -2.13. The Kier molecular flexibility index (Phi) is 3.31. The first kappa shape index (κ1) is 9.28. The number of carbonyl (C=O) groups excluding carboxylic acids is 1. The summed E-state index contributed by atoms with van der Waals surface area (Å²) in [4.78, 5) is 11.2. The van der Waals surface area contributed by atoms with Crippen molar-refractivity contribution in [2.24, 2.45) is 0 Å². The van der Waals surface area contributed by atoms with Gasteiger partial charge >= 0.3 is 0 Å². The average molecular weight is 186 g/mol. The molecule has 0 aliphatic rings. The van der Waals surface area contributed by atoms with Crippen LogP contribution in [0.1, 0.15) is 24.3 Å². The molecule has 0 atom stereocenters. The zero-order valence-electron chi connectivity index (χ0n) is 6.98. The highest BCUT2D eigenvalue weighted by Crippen LogP contribution is 1.98. The van der Waals surface area contributed by atoms with E-state index in [4.69, 9.17) is 4.74 Å². The van der Waals surface area contributed by atoms with Crippen molar-refractivity contribution in [1.82, 2.24) is 8.75 Å². The van der Waals surface area contributed by atoms with Gasteiger partial charge in [0.25, 0.3) is 0 Å². The molecule has 0 fully saturated rings. The Bertz CT molecular complexity index is 246. The van der Waals surface area contributed by atoms with Gasteiger partial charge in [-0.25, -0.2) is 0 Å². The summed E-state index contributed by atoms with van der Waals surface area (Å²) in [6, 6.07) is 0. The maximum absolute atomic E-state index is 11.2. The first-order chi connectivity index (χ1) is 5.70. The fourth-order valence-corrected chi connectivity index (χ4v) is 1.03. The van der Waals surface area contributed by atoms with Crippen LogP contribution in [0.15, 0.2) is 6.20 Å². The first-order valence-electron chi connectivity index (χ1n) is 3.62. The van der Waals surface area contributed by atoms with E-state index in [1.807, 2.05) is 13.8 Å². The Hall–Kier alpha value is -0.810. The van der Waals surface area contributed by atoms with E-state index >= 15 is 0 Å². The van der Waals surface area contributed by atoms with Gasteiger partial charge < -0.3 is 4.74 Å². The number of Topliss-reactive ketones (excluding diaryl/α,β-unsaturated/α-hetero) is 1. The van der Waals surface area contributed by atoms with E-state index in [1.54, 1.807) is 0 Å². The molecule has 4 nitrogen and oxygen atoms in total. The molecule has 1 heterocycles. The zero-order valence-corrected chi connectivity index (χ0v) is 7.80. The van der Waals surface area contributed by atoms with Crippen molar-refractivity contribution >= 4 is 17.5 Å². The Morgan fingerprint density at radius 3 is 3.00 bits per heavy atom. The predicted molar refractivity (Wildman–Crippen MR) is 45.3 cm³/mol. The molecule has 0 bridgehead atoms. The summed E-state index contributed by atoms with van der Waals surface area (Å²) in [7, 11) is 0. The molecule has 1 rings (SSSR count). The van der Waals surface area contributed by atoms with Crippen molar-refractivity contribution in [1.29, 1.82) is 0 Å². The van der Waals surface area contributed by atoms with Crippen molar-refractivity contribution in [3.8, 4) is 0 Å². The van der Waals surface area contributed by atoms with Crippen molar-refractivity contribution in [2.75, 3.05) is 6.61 Å². The molecule has 1 aromatic heterocycles. The minimum Gasteiger partial charge on any atom is -0.371 e. The summed E-state index contributed by atoms with van der Waals surface area (Å²) in [5.41, 5.74) is 0.389. The summed E-state index contributed by atoms with van der Waals surface area (Å²) in [6.07, 6.45) is 1.52. The predicted octanol–water partition coefficient (Wildman–Crippen LogP) is 1.15. The lowest BCUT2D eigenvalue weighted by atomic mass is 10.3. The van der Waals surface area contributed by atoms with Gasteiger partial charge in [0, 0.05) is 0 Å². The molecule has 0 aliphatic carbocycles. The molecule has 0 aromatic carbocycles. The van der Waals surface area contributed by atoms with Crippen molar-refractivity contribution in [3.05, 3.63) is 11.9 Å². The second-order valence-electron chi connectivity index (χ2n) is 2.58.